The zero-order valence-electron chi connectivity index (χ0n) is 10.4. The second-order valence-corrected chi connectivity index (χ2v) is 3.87. The number of aromatic nitrogens is 2. The number of anilines is 2. The molecule has 18 heavy (non-hydrogen) atoms. The molecule has 0 aliphatic carbocycles. The molecule has 98 valence electrons. The number of halogens is 2. The zero-order valence-corrected chi connectivity index (χ0v) is 12.0. The van der Waals surface area contributed by atoms with Crippen molar-refractivity contribution in [3.63, 3.8) is 0 Å². The van der Waals surface area contributed by atoms with Crippen molar-refractivity contribution in [1.82, 2.24) is 9.97 Å². The Hall–Kier alpha value is -1.32. The Labute approximate surface area is 120 Å². The molecule has 0 saturated carbocycles. The summed E-state index contributed by atoms with van der Waals surface area (Å²) in [5, 5.41) is 0. The van der Waals surface area contributed by atoms with E-state index in [0.29, 0.717) is 6.04 Å². The van der Waals surface area contributed by atoms with Crippen molar-refractivity contribution in [1.29, 1.82) is 0 Å². The molecule has 2 rings (SSSR count). The van der Waals surface area contributed by atoms with Crippen LogP contribution in [-0.2, 0) is 0 Å². The van der Waals surface area contributed by atoms with E-state index in [2.05, 4.69) is 28.7 Å². The van der Waals surface area contributed by atoms with Gasteiger partial charge in [0.15, 0.2) is 0 Å². The predicted octanol–water partition coefficient (Wildman–Crippen LogP) is 3.87. The van der Waals surface area contributed by atoms with E-state index in [1.54, 1.807) is 0 Å². The first-order valence-electron chi connectivity index (χ1n) is 5.38. The Bertz CT molecular complexity index is 395. The molecule has 5 heteroatoms. The lowest BCUT2D eigenvalue weighted by Crippen LogP contribution is -2.25. The van der Waals surface area contributed by atoms with Crippen LogP contribution in [0.25, 0.3) is 0 Å². The van der Waals surface area contributed by atoms with Crippen molar-refractivity contribution in [3.8, 4) is 0 Å². The van der Waals surface area contributed by atoms with Crippen LogP contribution in [0.15, 0.2) is 49.1 Å². The van der Waals surface area contributed by atoms with Crippen molar-refractivity contribution in [2.24, 2.45) is 0 Å². The fourth-order valence-corrected chi connectivity index (χ4v) is 1.75. The van der Waals surface area contributed by atoms with Gasteiger partial charge in [0.1, 0.15) is 0 Å². The first-order chi connectivity index (χ1) is 7.79. The highest BCUT2D eigenvalue weighted by Gasteiger charge is 2.11. The lowest BCUT2D eigenvalue weighted by Gasteiger charge is -2.28. The molecule has 0 fully saturated rings. The van der Waals surface area contributed by atoms with Crippen LogP contribution in [-0.4, -0.2) is 16.0 Å². The average molecular weight is 286 g/mol. The van der Waals surface area contributed by atoms with E-state index < -0.39 is 0 Å². The molecular weight excluding hydrogens is 269 g/mol. The van der Waals surface area contributed by atoms with Crippen molar-refractivity contribution in [2.45, 2.75) is 19.9 Å². The Morgan fingerprint density at radius 3 is 1.39 bits per heavy atom. The number of pyridine rings is 2. The molecule has 0 bridgehead atoms. The van der Waals surface area contributed by atoms with E-state index in [-0.39, 0.29) is 24.8 Å². The fourth-order valence-electron chi connectivity index (χ4n) is 1.75. The van der Waals surface area contributed by atoms with Crippen LogP contribution in [0.2, 0.25) is 0 Å². The van der Waals surface area contributed by atoms with Gasteiger partial charge in [-0.25, -0.2) is 0 Å². The van der Waals surface area contributed by atoms with Gasteiger partial charge >= 0.3 is 0 Å². The number of rotatable bonds is 3. The maximum atomic E-state index is 4.04. The molecule has 0 aliphatic heterocycles. The topological polar surface area (TPSA) is 29.0 Å². The van der Waals surface area contributed by atoms with Crippen molar-refractivity contribution in [3.05, 3.63) is 49.1 Å². The molecule has 0 unspecified atom stereocenters. The van der Waals surface area contributed by atoms with Gasteiger partial charge in [-0.1, -0.05) is 0 Å². The van der Waals surface area contributed by atoms with Gasteiger partial charge in [-0.15, -0.1) is 24.8 Å². The largest absolute Gasteiger partial charge is 0.339 e. The molecule has 2 aromatic heterocycles. The van der Waals surface area contributed by atoms with Gasteiger partial charge in [0, 0.05) is 42.2 Å². The second kappa shape index (κ2) is 7.90. The molecule has 0 saturated heterocycles. The third-order valence-electron chi connectivity index (χ3n) is 2.40. The Kier molecular flexibility index (Phi) is 7.32. The van der Waals surface area contributed by atoms with Crippen LogP contribution < -0.4 is 4.90 Å². The first kappa shape index (κ1) is 16.7. The third kappa shape index (κ3) is 3.86. The molecule has 0 atom stereocenters. The van der Waals surface area contributed by atoms with Crippen molar-refractivity contribution in [2.75, 3.05) is 4.90 Å². The van der Waals surface area contributed by atoms with E-state index in [0.717, 1.165) is 11.4 Å². The molecule has 0 spiro atoms. The van der Waals surface area contributed by atoms with Gasteiger partial charge in [-0.3, -0.25) is 9.97 Å². The summed E-state index contributed by atoms with van der Waals surface area (Å²) in [4.78, 5) is 10.3. The van der Waals surface area contributed by atoms with Crippen LogP contribution in [0.1, 0.15) is 13.8 Å². The minimum absolute atomic E-state index is 0. The summed E-state index contributed by atoms with van der Waals surface area (Å²) in [7, 11) is 0. The van der Waals surface area contributed by atoms with Gasteiger partial charge in [0.05, 0.1) is 0 Å². The van der Waals surface area contributed by atoms with Gasteiger partial charge in [0.2, 0.25) is 0 Å². The van der Waals surface area contributed by atoms with E-state index in [9.17, 15) is 0 Å². The first-order valence-corrected chi connectivity index (χ1v) is 5.38. The highest BCUT2D eigenvalue weighted by molar-refractivity contribution is 5.85. The Morgan fingerprint density at radius 2 is 1.11 bits per heavy atom. The lowest BCUT2D eigenvalue weighted by atomic mass is 10.2. The van der Waals surface area contributed by atoms with E-state index >= 15 is 0 Å². The molecule has 0 radical (unpaired) electrons. The molecule has 2 aromatic rings. The highest BCUT2D eigenvalue weighted by Crippen LogP contribution is 2.26. The lowest BCUT2D eigenvalue weighted by molar-refractivity contribution is 0.787. The summed E-state index contributed by atoms with van der Waals surface area (Å²) < 4.78 is 0. The third-order valence-corrected chi connectivity index (χ3v) is 2.40. The molecule has 0 aromatic carbocycles. The summed E-state index contributed by atoms with van der Waals surface area (Å²) in [5.41, 5.74) is 2.30. The van der Waals surface area contributed by atoms with Gasteiger partial charge < -0.3 is 4.90 Å². The molecular formula is C13H17Cl2N3. The smallest absolute Gasteiger partial charge is 0.0444 e. The summed E-state index contributed by atoms with van der Waals surface area (Å²) in [6.07, 6.45) is 7.25. The quantitative estimate of drug-likeness (QED) is 0.857. The normalized spacial score (nSPS) is 9.28. The standard InChI is InChI=1S/C13H15N3.2ClH/c1-11(2)16(12-3-7-14-8-4-12)13-5-9-15-10-6-13;;/h3-11H,1-2H3;2*1H. The van der Waals surface area contributed by atoms with Crippen LogP contribution >= 0.6 is 24.8 Å². The Balaban J connectivity index is 0.00000144. The molecule has 3 nitrogen and oxygen atoms in total. The van der Waals surface area contributed by atoms with Crippen LogP contribution in [0.5, 0.6) is 0 Å². The van der Waals surface area contributed by atoms with E-state index in [4.69, 9.17) is 0 Å². The predicted molar refractivity (Wildman–Crippen MR) is 80.2 cm³/mol. The van der Waals surface area contributed by atoms with Gasteiger partial charge in [0.25, 0.3) is 0 Å². The van der Waals surface area contributed by atoms with Crippen LogP contribution in [0.3, 0.4) is 0 Å². The fraction of sp³-hybridized carbons (Fsp3) is 0.231. The minimum atomic E-state index is 0. The highest BCUT2D eigenvalue weighted by atomic mass is 35.5. The summed E-state index contributed by atoms with van der Waals surface area (Å²) >= 11 is 0. The van der Waals surface area contributed by atoms with Crippen molar-refractivity contribution >= 4 is 36.2 Å². The van der Waals surface area contributed by atoms with Crippen LogP contribution in [0.4, 0.5) is 11.4 Å². The number of hydrogen-bond donors (Lipinski definition) is 0. The molecule has 0 amide bonds. The maximum absolute atomic E-state index is 4.04. The minimum Gasteiger partial charge on any atom is -0.339 e. The molecule has 2 heterocycles. The maximum Gasteiger partial charge on any atom is 0.0444 e. The van der Waals surface area contributed by atoms with Crippen molar-refractivity contribution < 1.29 is 0 Å². The van der Waals surface area contributed by atoms with E-state index in [1.807, 2.05) is 49.1 Å². The summed E-state index contributed by atoms with van der Waals surface area (Å²) in [5.74, 6) is 0. The summed E-state index contributed by atoms with van der Waals surface area (Å²) in [6.45, 7) is 4.34. The SMILES string of the molecule is CC(C)N(c1ccncc1)c1ccncc1.Cl.Cl. The van der Waals surface area contributed by atoms with E-state index in [1.165, 1.54) is 0 Å². The molecule has 0 N–H and O–H groups in total. The average Bonchev–Trinajstić information content (AvgIpc) is 2.31. The van der Waals surface area contributed by atoms with Gasteiger partial charge in [-0.2, -0.15) is 0 Å². The Morgan fingerprint density at radius 1 is 0.778 bits per heavy atom. The van der Waals surface area contributed by atoms with Gasteiger partial charge in [-0.05, 0) is 38.1 Å². The monoisotopic (exact) mass is 285 g/mol. The number of hydrogen-bond acceptors (Lipinski definition) is 3. The molecule has 0 aliphatic rings. The summed E-state index contributed by atoms with van der Waals surface area (Å²) in [6, 6.07) is 8.45. The number of nitrogens with zero attached hydrogens (tertiary/aromatic N) is 3. The van der Waals surface area contributed by atoms with Crippen LogP contribution in [0, 0.1) is 0 Å². The zero-order chi connectivity index (χ0) is 11.4. The second-order valence-electron chi connectivity index (χ2n) is 3.87.